The second-order valence-corrected chi connectivity index (χ2v) is 6.69. The lowest BCUT2D eigenvalue weighted by atomic mass is 10.1. The molecule has 1 heterocycles. The highest BCUT2D eigenvalue weighted by molar-refractivity contribution is 6.30. The lowest BCUT2D eigenvalue weighted by Crippen LogP contribution is -2.38. The number of hydrogen-bond acceptors (Lipinski definition) is 6. The van der Waals surface area contributed by atoms with Gasteiger partial charge in [-0.15, -0.1) is 4.73 Å². The van der Waals surface area contributed by atoms with Crippen molar-refractivity contribution < 1.29 is 23.7 Å². The standard InChI is InChI=1S/C19H23ClN2O5/c1-5-26-19(23)16-18(25-4)22(24)15(9-12(2)3)17(21-16)27-11-13-7-6-8-14(20)10-13/h6-8,10,12H,5,9,11H2,1-4H3. The smallest absolute Gasteiger partial charge is 0.414 e. The van der Waals surface area contributed by atoms with Crippen molar-refractivity contribution in [3.63, 3.8) is 0 Å². The second kappa shape index (κ2) is 9.41. The van der Waals surface area contributed by atoms with Gasteiger partial charge < -0.3 is 19.4 Å². The summed E-state index contributed by atoms with van der Waals surface area (Å²) >= 11 is 5.99. The van der Waals surface area contributed by atoms with E-state index in [1.807, 2.05) is 19.9 Å². The Morgan fingerprint density at radius 2 is 2.11 bits per heavy atom. The lowest BCUT2D eigenvalue weighted by molar-refractivity contribution is -0.622. The molecule has 0 amide bonds. The van der Waals surface area contributed by atoms with Crippen LogP contribution in [-0.2, 0) is 17.8 Å². The summed E-state index contributed by atoms with van der Waals surface area (Å²) in [5, 5.41) is 13.4. The number of aromatic nitrogens is 2. The summed E-state index contributed by atoms with van der Waals surface area (Å²) in [6, 6.07) is 7.15. The molecule has 1 aromatic carbocycles. The van der Waals surface area contributed by atoms with E-state index in [0.717, 1.165) is 5.56 Å². The van der Waals surface area contributed by atoms with Gasteiger partial charge in [0.05, 0.1) is 13.7 Å². The first-order chi connectivity index (χ1) is 12.9. The number of hydrogen-bond donors (Lipinski definition) is 0. The maximum atomic E-state index is 12.8. The van der Waals surface area contributed by atoms with Crippen molar-refractivity contribution in [3.05, 3.63) is 51.4 Å². The highest BCUT2D eigenvalue weighted by Crippen LogP contribution is 2.24. The Bertz CT molecular complexity index is 811. The third-order valence-corrected chi connectivity index (χ3v) is 3.86. The first-order valence-electron chi connectivity index (χ1n) is 8.62. The zero-order chi connectivity index (χ0) is 20.0. The predicted octanol–water partition coefficient (Wildman–Crippen LogP) is 3.33. The molecule has 0 aliphatic carbocycles. The maximum absolute atomic E-state index is 12.8. The van der Waals surface area contributed by atoms with Crippen LogP contribution in [0.3, 0.4) is 0 Å². The summed E-state index contributed by atoms with van der Waals surface area (Å²) in [5.74, 6) is -0.719. The Morgan fingerprint density at radius 3 is 2.70 bits per heavy atom. The Labute approximate surface area is 163 Å². The van der Waals surface area contributed by atoms with Crippen LogP contribution in [0.15, 0.2) is 24.3 Å². The Kier molecular flexibility index (Phi) is 7.24. The van der Waals surface area contributed by atoms with Gasteiger partial charge in [0.15, 0.2) is 0 Å². The number of carbonyl (C=O) groups excluding carboxylic acids is 1. The van der Waals surface area contributed by atoms with E-state index in [0.29, 0.717) is 16.2 Å². The molecule has 0 atom stereocenters. The summed E-state index contributed by atoms with van der Waals surface area (Å²) in [5.41, 5.74) is 0.880. The summed E-state index contributed by atoms with van der Waals surface area (Å²) in [4.78, 5) is 16.4. The third-order valence-electron chi connectivity index (χ3n) is 3.62. The van der Waals surface area contributed by atoms with Gasteiger partial charge in [0, 0.05) is 11.4 Å². The van der Waals surface area contributed by atoms with E-state index in [1.54, 1.807) is 25.1 Å². The van der Waals surface area contributed by atoms with Gasteiger partial charge >= 0.3 is 11.8 Å². The van der Waals surface area contributed by atoms with Gasteiger partial charge in [-0.3, -0.25) is 0 Å². The Morgan fingerprint density at radius 1 is 1.37 bits per heavy atom. The molecule has 27 heavy (non-hydrogen) atoms. The van der Waals surface area contributed by atoms with Crippen molar-refractivity contribution in [2.45, 2.75) is 33.8 Å². The third kappa shape index (κ3) is 5.23. The van der Waals surface area contributed by atoms with Crippen LogP contribution in [0, 0.1) is 11.1 Å². The molecule has 0 unspecified atom stereocenters. The second-order valence-electron chi connectivity index (χ2n) is 6.25. The van der Waals surface area contributed by atoms with E-state index in [1.165, 1.54) is 7.11 Å². The zero-order valence-electron chi connectivity index (χ0n) is 15.8. The number of methoxy groups -OCH3 is 1. The topological polar surface area (TPSA) is 84.6 Å². The monoisotopic (exact) mass is 394 g/mol. The average molecular weight is 395 g/mol. The van der Waals surface area contributed by atoms with Crippen LogP contribution in [0.25, 0.3) is 0 Å². The van der Waals surface area contributed by atoms with Crippen LogP contribution >= 0.6 is 11.6 Å². The quantitative estimate of drug-likeness (QED) is 0.388. The minimum absolute atomic E-state index is 0.0718. The molecule has 146 valence electrons. The number of nitrogens with zero attached hydrogens (tertiary/aromatic N) is 2. The Hall–Kier alpha value is -2.54. The molecule has 0 spiro atoms. The number of esters is 1. The fourth-order valence-electron chi connectivity index (χ4n) is 2.48. The molecule has 0 saturated heterocycles. The van der Waals surface area contributed by atoms with Crippen molar-refractivity contribution in [1.29, 1.82) is 0 Å². The molecule has 7 nitrogen and oxygen atoms in total. The van der Waals surface area contributed by atoms with E-state index in [-0.39, 0.29) is 42.3 Å². The van der Waals surface area contributed by atoms with E-state index < -0.39 is 5.97 Å². The van der Waals surface area contributed by atoms with Crippen molar-refractivity contribution in [3.8, 4) is 11.8 Å². The summed E-state index contributed by atoms with van der Waals surface area (Å²) in [6.45, 7) is 5.89. The van der Waals surface area contributed by atoms with Crippen molar-refractivity contribution in [2.75, 3.05) is 13.7 Å². The number of benzene rings is 1. The fraction of sp³-hybridized carbons (Fsp3) is 0.421. The summed E-state index contributed by atoms with van der Waals surface area (Å²) < 4.78 is 16.4. The number of rotatable bonds is 8. The first-order valence-corrected chi connectivity index (χ1v) is 8.99. The van der Waals surface area contributed by atoms with Gasteiger partial charge in [-0.05, 0) is 30.5 Å². The highest BCUT2D eigenvalue weighted by Gasteiger charge is 2.31. The van der Waals surface area contributed by atoms with Crippen LogP contribution in [-0.4, -0.2) is 24.7 Å². The van der Waals surface area contributed by atoms with Crippen molar-refractivity contribution in [1.82, 2.24) is 4.98 Å². The number of ether oxygens (including phenoxy) is 3. The molecular formula is C19H23ClN2O5. The number of carbonyl (C=O) groups is 1. The summed E-state index contributed by atoms with van der Waals surface area (Å²) in [7, 11) is 1.31. The van der Waals surface area contributed by atoms with Crippen LogP contribution < -0.4 is 14.2 Å². The van der Waals surface area contributed by atoms with Crippen molar-refractivity contribution in [2.24, 2.45) is 5.92 Å². The van der Waals surface area contributed by atoms with E-state index in [9.17, 15) is 10.0 Å². The molecule has 0 fully saturated rings. The molecular weight excluding hydrogens is 372 g/mol. The normalized spacial score (nSPS) is 10.7. The Balaban J connectivity index is 2.46. The van der Waals surface area contributed by atoms with Crippen LogP contribution in [0.1, 0.15) is 42.5 Å². The molecule has 1 aromatic heterocycles. The average Bonchev–Trinajstić information content (AvgIpc) is 2.62. The molecule has 0 aliphatic heterocycles. The predicted molar refractivity (Wildman–Crippen MR) is 100 cm³/mol. The van der Waals surface area contributed by atoms with E-state index in [4.69, 9.17) is 25.8 Å². The molecule has 0 aliphatic rings. The first kappa shape index (κ1) is 20.8. The molecule has 2 aromatic rings. The maximum Gasteiger partial charge on any atom is 0.414 e. The highest BCUT2D eigenvalue weighted by atomic mass is 35.5. The molecule has 8 heteroatoms. The van der Waals surface area contributed by atoms with Gasteiger partial charge in [-0.25, -0.2) is 4.79 Å². The van der Waals surface area contributed by atoms with E-state index >= 15 is 0 Å². The largest absolute Gasteiger partial charge is 0.616 e. The van der Waals surface area contributed by atoms with Crippen LogP contribution in [0.5, 0.6) is 11.8 Å². The number of halogens is 1. The molecule has 2 rings (SSSR count). The zero-order valence-corrected chi connectivity index (χ0v) is 16.6. The van der Waals surface area contributed by atoms with Gasteiger partial charge in [-0.2, -0.15) is 4.98 Å². The van der Waals surface area contributed by atoms with Gasteiger partial charge in [0.2, 0.25) is 0 Å². The van der Waals surface area contributed by atoms with Crippen LogP contribution in [0.2, 0.25) is 5.02 Å². The SMILES string of the molecule is CCOC(=O)c1nc(OCc2cccc(Cl)c2)c(CC(C)C)[n+]([O-])c1OC. The molecule has 0 N–H and O–H groups in total. The van der Waals surface area contributed by atoms with E-state index in [2.05, 4.69) is 4.98 Å². The molecule has 0 bridgehead atoms. The molecule has 0 saturated carbocycles. The molecule has 0 radical (unpaired) electrons. The summed E-state index contributed by atoms with van der Waals surface area (Å²) in [6.07, 6.45) is 0.404. The van der Waals surface area contributed by atoms with Gasteiger partial charge in [0.1, 0.15) is 6.61 Å². The fourth-order valence-corrected chi connectivity index (χ4v) is 2.70. The minimum Gasteiger partial charge on any atom is -0.616 e. The minimum atomic E-state index is -0.748. The lowest BCUT2D eigenvalue weighted by Gasteiger charge is -2.15. The van der Waals surface area contributed by atoms with Crippen molar-refractivity contribution >= 4 is 17.6 Å². The van der Waals surface area contributed by atoms with Gasteiger partial charge in [0.25, 0.3) is 17.3 Å². The van der Waals surface area contributed by atoms with Gasteiger partial charge in [-0.1, -0.05) is 37.6 Å². The van der Waals surface area contributed by atoms with Crippen LogP contribution in [0.4, 0.5) is 0 Å².